The van der Waals surface area contributed by atoms with Crippen LogP contribution in [0.25, 0.3) is 0 Å². The Morgan fingerprint density at radius 3 is 2.07 bits per heavy atom. The summed E-state index contributed by atoms with van der Waals surface area (Å²) in [7, 11) is 0. The van der Waals surface area contributed by atoms with Gasteiger partial charge in [0.25, 0.3) is 0 Å². The molecule has 2 aliphatic rings. The summed E-state index contributed by atoms with van der Waals surface area (Å²) in [5.74, 6) is -7.88. The van der Waals surface area contributed by atoms with Crippen molar-refractivity contribution in [3.8, 4) is 28.7 Å². The van der Waals surface area contributed by atoms with E-state index in [1.165, 1.54) is 18.2 Å². The lowest BCUT2D eigenvalue weighted by Gasteiger charge is -2.40. The van der Waals surface area contributed by atoms with Gasteiger partial charge in [-0.15, -0.1) is 0 Å². The monoisotopic (exact) mass is 598 g/mol. The number of esters is 1. The van der Waals surface area contributed by atoms with Crippen LogP contribution in [0.1, 0.15) is 52.6 Å². The molecular formula is C28H22O15. The molecule has 15 heteroatoms. The van der Waals surface area contributed by atoms with Gasteiger partial charge in [0.15, 0.2) is 23.0 Å². The molecule has 0 amide bonds. The number of hydrogen-bond acceptors (Lipinski definition) is 14. The van der Waals surface area contributed by atoms with E-state index in [9.17, 15) is 60.0 Å². The minimum Gasteiger partial charge on any atom is -0.507 e. The fourth-order valence-corrected chi connectivity index (χ4v) is 4.73. The highest BCUT2D eigenvalue weighted by Gasteiger charge is 2.46. The number of benzene rings is 3. The zero-order valence-electron chi connectivity index (χ0n) is 21.6. The smallest absolute Gasteiger partial charge is 0.338 e. The summed E-state index contributed by atoms with van der Waals surface area (Å²) in [4.78, 5) is 50.4. The summed E-state index contributed by atoms with van der Waals surface area (Å²) >= 11 is 0. The van der Waals surface area contributed by atoms with Crippen LogP contribution in [-0.4, -0.2) is 102 Å². The highest BCUT2D eigenvalue weighted by atomic mass is 16.7. The number of rotatable bonds is 6. The maximum absolute atomic E-state index is 13.4. The predicted molar refractivity (Wildman–Crippen MR) is 137 cm³/mol. The van der Waals surface area contributed by atoms with Crippen molar-refractivity contribution in [3.05, 3.63) is 75.8 Å². The number of phenolic OH excluding ortho intramolecular Hbond substituents is 4. The molecule has 8 N–H and O–H groups in total. The van der Waals surface area contributed by atoms with Crippen molar-refractivity contribution < 1.29 is 74.2 Å². The first kappa shape index (κ1) is 29.3. The number of fused-ring (bicyclic) bond motifs is 2. The van der Waals surface area contributed by atoms with Crippen LogP contribution in [0.2, 0.25) is 0 Å². The zero-order valence-corrected chi connectivity index (χ0v) is 21.6. The quantitative estimate of drug-likeness (QED) is 0.108. The molecule has 5 atom stereocenters. The number of carbonyl (C=O) groups is 4. The molecule has 1 aliphatic heterocycles. The van der Waals surface area contributed by atoms with E-state index < -0.39 is 94.9 Å². The Kier molecular flexibility index (Phi) is 7.41. The fourth-order valence-electron chi connectivity index (χ4n) is 4.73. The van der Waals surface area contributed by atoms with Crippen LogP contribution in [-0.2, 0) is 9.47 Å². The van der Waals surface area contributed by atoms with Crippen molar-refractivity contribution in [2.75, 3.05) is 6.61 Å². The van der Waals surface area contributed by atoms with E-state index in [0.717, 1.165) is 24.3 Å². The summed E-state index contributed by atoms with van der Waals surface area (Å²) in [5, 5.41) is 79.7. The number of carboxylic acid groups (broad SMARTS) is 1. The maximum atomic E-state index is 13.4. The van der Waals surface area contributed by atoms with Crippen molar-refractivity contribution in [2.45, 2.75) is 30.7 Å². The first-order valence-corrected chi connectivity index (χ1v) is 12.4. The van der Waals surface area contributed by atoms with Crippen LogP contribution >= 0.6 is 0 Å². The highest BCUT2D eigenvalue weighted by Crippen LogP contribution is 2.39. The number of carbonyl (C=O) groups excluding carboxylic acids is 3. The molecular weight excluding hydrogens is 576 g/mol. The number of hydrogen-bond donors (Lipinski definition) is 8. The SMILES string of the molecule is O=C(O)c1cc(O)c2c(c1)C(=O)c1cccc(O[C@@H]3O[C@H](COC(=O)c4cc(O)c(O)c(O)c4)[C@@H](O)[C@H](O)[C@H]3O)c1C2=O. The largest absolute Gasteiger partial charge is 0.507 e. The van der Waals surface area contributed by atoms with Crippen molar-refractivity contribution in [2.24, 2.45) is 0 Å². The van der Waals surface area contributed by atoms with Crippen LogP contribution in [0.3, 0.4) is 0 Å². The Morgan fingerprint density at radius 2 is 1.42 bits per heavy atom. The summed E-state index contributed by atoms with van der Waals surface area (Å²) in [6.07, 6.45) is -8.98. The molecule has 15 nitrogen and oxygen atoms in total. The second-order valence-electron chi connectivity index (χ2n) is 9.65. The molecule has 0 unspecified atom stereocenters. The van der Waals surface area contributed by atoms with E-state index in [0.29, 0.717) is 0 Å². The average Bonchev–Trinajstić information content (AvgIpc) is 2.97. The second-order valence-corrected chi connectivity index (χ2v) is 9.65. The lowest BCUT2D eigenvalue weighted by atomic mass is 9.82. The van der Waals surface area contributed by atoms with Gasteiger partial charge in [0, 0.05) is 11.1 Å². The first-order valence-electron chi connectivity index (χ1n) is 12.4. The minimum absolute atomic E-state index is 0.214. The van der Waals surface area contributed by atoms with Crippen LogP contribution in [0.4, 0.5) is 0 Å². The van der Waals surface area contributed by atoms with Crippen LogP contribution in [0.15, 0.2) is 42.5 Å². The van der Waals surface area contributed by atoms with E-state index in [1.807, 2.05) is 0 Å². The average molecular weight is 598 g/mol. The molecule has 1 saturated heterocycles. The lowest BCUT2D eigenvalue weighted by molar-refractivity contribution is -0.277. The first-order chi connectivity index (χ1) is 20.3. The molecule has 3 aromatic rings. The minimum atomic E-state index is -1.92. The molecule has 0 saturated carbocycles. The third-order valence-electron chi connectivity index (χ3n) is 6.93. The van der Waals surface area contributed by atoms with E-state index >= 15 is 0 Å². The van der Waals surface area contributed by atoms with Crippen molar-refractivity contribution in [3.63, 3.8) is 0 Å². The number of carboxylic acids is 1. The Balaban J connectivity index is 1.39. The third kappa shape index (κ3) is 5.06. The number of ketones is 2. The van der Waals surface area contributed by atoms with Gasteiger partial charge >= 0.3 is 11.9 Å². The summed E-state index contributed by atoms with van der Waals surface area (Å²) in [6, 6.07) is 7.15. The van der Waals surface area contributed by atoms with Gasteiger partial charge in [0.1, 0.15) is 42.5 Å². The van der Waals surface area contributed by atoms with Gasteiger partial charge in [-0.05, 0) is 30.3 Å². The van der Waals surface area contributed by atoms with Gasteiger partial charge in [-0.25, -0.2) is 9.59 Å². The maximum Gasteiger partial charge on any atom is 0.338 e. The van der Waals surface area contributed by atoms with Gasteiger partial charge in [-0.1, -0.05) is 12.1 Å². The molecule has 1 fully saturated rings. The lowest BCUT2D eigenvalue weighted by Crippen LogP contribution is -2.60. The summed E-state index contributed by atoms with van der Waals surface area (Å²) in [6.45, 7) is -0.747. The third-order valence-corrected chi connectivity index (χ3v) is 6.93. The molecule has 1 heterocycles. The van der Waals surface area contributed by atoms with E-state index in [2.05, 4.69) is 0 Å². The van der Waals surface area contributed by atoms with Gasteiger partial charge in [0.05, 0.1) is 22.3 Å². The summed E-state index contributed by atoms with van der Waals surface area (Å²) < 4.78 is 16.2. The molecule has 0 aromatic heterocycles. The standard InChI is InChI=1S/C28H22O15/c29-13-5-9(26(38)39)4-12-18(13)23(35)19-11(20(12)32)2-1-3-16(19)42-28-25(37)24(36)22(34)17(43-28)8-41-27(40)10-6-14(30)21(33)15(31)7-10/h1-7,17,22,24-25,28-31,33-34,36-37H,8H2,(H,38,39)/t17-,22-,24+,25-,28-/m1/s1. The van der Waals surface area contributed by atoms with Crippen molar-refractivity contribution in [1.29, 1.82) is 0 Å². The van der Waals surface area contributed by atoms with Crippen LogP contribution in [0.5, 0.6) is 28.7 Å². The topological polar surface area (TPSA) is 258 Å². The van der Waals surface area contributed by atoms with Crippen LogP contribution < -0.4 is 4.74 Å². The number of aromatic carboxylic acids is 1. The van der Waals surface area contributed by atoms with Crippen molar-refractivity contribution >= 4 is 23.5 Å². The molecule has 43 heavy (non-hydrogen) atoms. The Hall–Kier alpha value is -5.22. The van der Waals surface area contributed by atoms with Gasteiger partial charge in [-0.3, -0.25) is 9.59 Å². The fraction of sp³-hybridized carbons (Fsp3) is 0.214. The summed E-state index contributed by atoms with van der Waals surface area (Å²) in [5.41, 5.74) is -2.21. The Morgan fingerprint density at radius 1 is 0.767 bits per heavy atom. The molecule has 3 aromatic carbocycles. The molecule has 0 bridgehead atoms. The molecule has 5 rings (SSSR count). The zero-order chi connectivity index (χ0) is 31.3. The second kappa shape index (κ2) is 10.9. The van der Waals surface area contributed by atoms with E-state index in [-0.39, 0.29) is 28.0 Å². The normalized spacial score (nSPS) is 22.8. The molecule has 0 radical (unpaired) electrons. The van der Waals surface area contributed by atoms with Crippen molar-refractivity contribution in [1.82, 2.24) is 0 Å². The number of aromatic hydroxyl groups is 4. The number of aliphatic hydroxyl groups is 3. The number of aliphatic hydroxyl groups excluding tert-OH is 3. The molecule has 0 spiro atoms. The van der Waals surface area contributed by atoms with E-state index in [1.54, 1.807) is 0 Å². The van der Waals surface area contributed by atoms with Crippen LogP contribution in [0, 0.1) is 0 Å². The Labute approximate surface area is 240 Å². The van der Waals surface area contributed by atoms with E-state index in [4.69, 9.17) is 14.2 Å². The van der Waals surface area contributed by atoms with Gasteiger partial charge in [0.2, 0.25) is 12.1 Å². The predicted octanol–water partition coefficient (Wildman–Crippen LogP) is 0.0260. The number of ether oxygens (including phenoxy) is 3. The van der Waals surface area contributed by atoms with Gasteiger partial charge in [-0.2, -0.15) is 0 Å². The molecule has 1 aliphatic carbocycles. The highest BCUT2D eigenvalue weighted by molar-refractivity contribution is 6.30. The van der Waals surface area contributed by atoms with Gasteiger partial charge < -0.3 is 55.1 Å². The number of phenols is 4. The molecule has 224 valence electrons. The Bertz CT molecular complexity index is 1660.